The van der Waals surface area contributed by atoms with Crippen LogP contribution in [0.4, 0.5) is 0 Å². The number of para-hydroxylation sites is 1. The first-order valence-electron chi connectivity index (χ1n) is 8.80. The number of hydrogen-bond acceptors (Lipinski definition) is 2. The Labute approximate surface area is 136 Å². The van der Waals surface area contributed by atoms with Crippen LogP contribution in [0.5, 0.6) is 0 Å². The highest BCUT2D eigenvalue weighted by molar-refractivity contribution is 5.94. The Balaban J connectivity index is 1.63. The summed E-state index contributed by atoms with van der Waals surface area (Å²) in [6, 6.07) is 10.5. The predicted molar refractivity (Wildman–Crippen MR) is 89.9 cm³/mol. The van der Waals surface area contributed by atoms with E-state index in [9.17, 15) is 4.79 Å². The Morgan fingerprint density at radius 3 is 2.61 bits per heavy atom. The van der Waals surface area contributed by atoms with Crippen LogP contribution in [0.2, 0.25) is 0 Å². The molecule has 0 bridgehead atoms. The second kappa shape index (κ2) is 6.19. The lowest BCUT2D eigenvalue weighted by molar-refractivity contribution is 0.0921. The number of carbonyl (C=O) groups excluding carboxylic acids is 1. The summed E-state index contributed by atoms with van der Waals surface area (Å²) >= 11 is 0. The SMILES string of the molecule is O=C(NC1CCCCC1)c1nn(-c2ccccc2)c2c1CCC2. The van der Waals surface area contributed by atoms with Gasteiger partial charge in [-0.25, -0.2) is 4.68 Å². The van der Waals surface area contributed by atoms with Gasteiger partial charge in [0.05, 0.1) is 5.69 Å². The van der Waals surface area contributed by atoms with Gasteiger partial charge in [-0.3, -0.25) is 4.79 Å². The highest BCUT2D eigenvalue weighted by Crippen LogP contribution is 2.28. The topological polar surface area (TPSA) is 46.9 Å². The summed E-state index contributed by atoms with van der Waals surface area (Å²) in [7, 11) is 0. The molecule has 23 heavy (non-hydrogen) atoms. The molecular formula is C19H23N3O. The summed E-state index contributed by atoms with van der Waals surface area (Å²) < 4.78 is 1.97. The number of fused-ring (bicyclic) bond motifs is 1. The van der Waals surface area contributed by atoms with Gasteiger partial charge in [0.1, 0.15) is 0 Å². The molecule has 0 atom stereocenters. The second-order valence-corrected chi connectivity index (χ2v) is 6.68. The van der Waals surface area contributed by atoms with Crippen molar-refractivity contribution in [1.29, 1.82) is 0 Å². The van der Waals surface area contributed by atoms with E-state index in [1.165, 1.54) is 25.0 Å². The number of carbonyl (C=O) groups is 1. The van der Waals surface area contributed by atoms with Crippen molar-refractivity contribution in [3.05, 3.63) is 47.3 Å². The van der Waals surface area contributed by atoms with Gasteiger partial charge >= 0.3 is 0 Å². The first kappa shape index (κ1) is 14.5. The Bertz CT molecular complexity index is 699. The minimum atomic E-state index is 0.0183. The average Bonchev–Trinajstić information content (AvgIpc) is 3.18. The molecule has 1 fully saturated rings. The van der Waals surface area contributed by atoms with Crippen LogP contribution in [-0.4, -0.2) is 21.7 Å². The third-order valence-electron chi connectivity index (χ3n) is 5.09. The number of amides is 1. The fourth-order valence-electron chi connectivity index (χ4n) is 3.90. The van der Waals surface area contributed by atoms with Crippen molar-refractivity contribution in [2.45, 2.75) is 57.4 Å². The van der Waals surface area contributed by atoms with E-state index in [2.05, 4.69) is 22.5 Å². The van der Waals surface area contributed by atoms with E-state index >= 15 is 0 Å². The van der Waals surface area contributed by atoms with E-state index in [4.69, 9.17) is 0 Å². The van der Waals surface area contributed by atoms with E-state index in [0.29, 0.717) is 11.7 Å². The van der Waals surface area contributed by atoms with Gasteiger partial charge in [-0.05, 0) is 44.2 Å². The molecule has 0 spiro atoms. The van der Waals surface area contributed by atoms with Crippen molar-refractivity contribution in [2.75, 3.05) is 0 Å². The second-order valence-electron chi connectivity index (χ2n) is 6.68. The predicted octanol–water partition coefficient (Wildman–Crippen LogP) is 3.42. The molecule has 4 nitrogen and oxygen atoms in total. The first-order chi connectivity index (χ1) is 11.3. The molecule has 2 aromatic rings. The molecule has 1 amide bonds. The molecule has 0 radical (unpaired) electrons. The number of benzene rings is 1. The molecule has 1 N–H and O–H groups in total. The molecule has 0 saturated heterocycles. The lowest BCUT2D eigenvalue weighted by Crippen LogP contribution is -2.36. The fraction of sp³-hybridized carbons (Fsp3) is 0.474. The van der Waals surface area contributed by atoms with Crippen LogP contribution in [0.15, 0.2) is 30.3 Å². The first-order valence-corrected chi connectivity index (χ1v) is 8.80. The van der Waals surface area contributed by atoms with E-state index in [1.54, 1.807) is 0 Å². The number of hydrogen-bond donors (Lipinski definition) is 1. The van der Waals surface area contributed by atoms with Crippen molar-refractivity contribution < 1.29 is 4.79 Å². The molecular weight excluding hydrogens is 286 g/mol. The largest absolute Gasteiger partial charge is 0.348 e. The third-order valence-corrected chi connectivity index (χ3v) is 5.09. The molecule has 1 aromatic heterocycles. The maximum Gasteiger partial charge on any atom is 0.272 e. The van der Waals surface area contributed by atoms with Gasteiger partial charge in [-0.15, -0.1) is 0 Å². The summed E-state index contributed by atoms with van der Waals surface area (Å²) in [6.45, 7) is 0. The van der Waals surface area contributed by atoms with Gasteiger partial charge < -0.3 is 5.32 Å². The number of rotatable bonds is 3. The molecule has 1 saturated carbocycles. The van der Waals surface area contributed by atoms with Gasteiger partial charge in [0.2, 0.25) is 0 Å². The molecule has 120 valence electrons. The maximum atomic E-state index is 12.7. The molecule has 1 aromatic carbocycles. The standard InChI is InChI=1S/C19H23N3O/c23-19(20-14-8-3-1-4-9-14)18-16-12-7-13-17(16)22(21-18)15-10-5-2-6-11-15/h2,5-6,10-11,14H,1,3-4,7-9,12-13H2,(H,20,23). The van der Waals surface area contributed by atoms with Crippen LogP contribution < -0.4 is 5.32 Å². The molecule has 2 aliphatic rings. The van der Waals surface area contributed by atoms with E-state index in [-0.39, 0.29) is 5.91 Å². The summed E-state index contributed by atoms with van der Waals surface area (Å²) in [4.78, 5) is 12.7. The zero-order chi connectivity index (χ0) is 15.6. The molecule has 1 heterocycles. The molecule has 0 aliphatic heterocycles. The smallest absolute Gasteiger partial charge is 0.272 e. The minimum absolute atomic E-state index is 0.0183. The van der Waals surface area contributed by atoms with Crippen molar-refractivity contribution in [2.24, 2.45) is 0 Å². The number of aromatic nitrogens is 2. The average molecular weight is 309 g/mol. The Hall–Kier alpha value is -2.10. The van der Waals surface area contributed by atoms with Crippen molar-refractivity contribution >= 4 is 5.91 Å². The molecule has 0 unspecified atom stereocenters. The monoisotopic (exact) mass is 309 g/mol. The van der Waals surface area contributed by atoms with Crippen molar-refractivity contribution in [1.82, 2.24) is 15.1 Å². The molecule has 2 aliphatic carbocycles. The van der Waals surface area contributed by atoms with Gasteiger partial charge in [-0.2, -0.15) is 5.10 Å². The van der Waals surface area contributed by atoms with Crippen LogP contribution in [0, 0.1) is 0 Å². The zero-order valence-corrected chi connectivity index (χ0v) is 13.4. The highest BCUT2D eigenvalue weighted by Gasteiger charge is 2.28. The summed E-state index contributed by atoms with van der Waals surface area (Å²) in [5.74, 6) is 0.0183. The summed E-state index contributed by atoms with van der Waals surface area (Å²) in [5, 5.41) is 7.89. The van der Waals surface area contributed by atoms with Gasteiger partial charge in [0, 0.05) is 17.3 Å². The van der Waals surface area contributed by atoms with E-state index < -0.39 is 0 Å². The number of nitrogens with one attached hydrogen (secondary N) is 1. The van der Waals surface area contributed by atoms with E-state index in [0.717, 1.165) is 43.4 Å². The van der Waals surface area contributed by atoms with Crippen LogP contribution in [0.3, 0.4) is 0 Å². The Morgan fingerprint density at radius 1 is 1.04 bits per heavy atom. The van der Waals surface area contributed by atoms with Crippen LogP contribution in [-0.2, 0) is 12.8 Å². The fourth-order valence-corrected chi connectivity index (χ4v) is 3.90. The quantitative estimate of drug-likeness (QED) is 0.944. The van der Waals surface area contributed by atoms with Gasteiger partial charge in [0.15, 0.2) is 5.69 Å². The molecule has 4 rings (SSSR count). The Kier molecular flexibility index (Phi) is 3.90. The van der Waals surface area contributed by atoms with Crippen LogP contribution in [0.1, 0.15) is 60.3 Å². The third kappa shape index (κ3) is 2.78. The van der Waals surface area contributed by atoms with Gasteiger partial charge in [0.25, 0.3) is 5.91 Å². The van der Waals surface area contributed by atoms with Crippen molar-refractivity contribution in [3.63, 3.8) is 0 Å². The molecule has 4 heteroatoms. The van der Waals surface area contributed by atoms with E-state index in [1.807, 2.05) is 22.9 Å². The Morgan fingerprint density at radius 2 is 1.83 bits per heavy atom. The van der Waals surface area contributed by atoms with Gasteiger partial charge in [-0.1, -0.05) is 37.5 Å². The lowest BCUT2D eigenvalue weighted by atomic mass is 9.95. The van der Waals surface area contributed by atoms with Crippen molar-refractivity contribution in [3.8, 4) is 5.69 Å². The zero-order valence-electron chi connectivity index (χ0n) is 13.4. The lowest BCUT2D eigenvalue weighted by Gasteiger charge is -2.22. The minimum Gasteiger partial charge on any atom is -0.348 e. The number of nitrogens with zero attached hydrogens (tertiary/aromatic N) is 2. The van der Waals surface area contributed by atoms with Crippen LogP contribution >= 0.6 is 0 Å². The summed E-state index contributed by atoms with van der Waals surface area (Å²) in [5.41, 5.74) is 4.06. The highest BCUT2D eigenvalue weighted by atomic mass is 16.2. The van der Waals surface area contributed by atoms with Crippen LogP contribution in [0.25, 0.3) is 5.69 Å². The maximum absolute atomic E-state index is 12.7. The normalized spacial score (nSPS) is 17.9. The summed E-state index contributed by atoms with van der Waals surface area (Å²) in [6.07, 6.45) is 9.04.